The zero-order valence-electron chi connectivity index (χ0n) is 7.09. The highest BCUT2D eigenvalue weighted by Crippen LogP contribution is 2.03. The fourth-order valence-corrected chi connectivity index (χ4v) is 0.487. The summed E-state index contributed by atoms with van der Waals surface area (Å²) in [5.41, 5.74) is 10.2. The van der Waals surface area contributed by atoms with Crippen molar-refractivity contribution in [3.8, 4) is 0 Å². The minimum Gasteiger partial charge on any atom is -0.370 e. The van der Waals surface area contributed by atoms with Gasteiger partial charge in [0.1, 0.15) is 6.61 Å². The van der Waals surface area contributed by atoms with E-state index >= 15 is 0 Å². The van der Waals surface area contributed by atoms with Gasteiger partial charge >= 0.3 is 0 Å². The third-order valence-corrected chi connectivity index (χ3v) is 1.48. The van der Waals surface area contributed by atoms with Gasteiger partial charge in [0.15, 0.2) is 0 Å². The molecule has 4 N–H and O–H groups in total. The molecular weight excluding hydrogens is 144 g/mol. The Morgan fingerprint density at radius 3 is 2.55 bits per heavy atom. The lowest BCUT2D eigenvalue weighted by Crippen LogP contribution is -2.41. The van der Waals surface area contributed by atoms with Gasteiger partial charge in [0.25, 0.3) is 0 Å². The van der Waals surface area contributed by atoms with E-state index in [0.29, 0.717) is 6.61 Å². The zero-order chi connectivity index (χ0) is 8.91. The number of ether oxygens (including phenoxy) is 1. The number of hydrogen-bond donors (Lipinski definition) is 2. The van der Waals surface area contributed by atoms with Crippen LogP contribution in [0.2, 0.25) is 0 Å². The van der Waals surface area contributed by atoms with Gasteiger partial charge in [0.2, 0.25) is 5.91 Å². The van der Waals surface area contributed by atoms with E-state index in [1.807, 2.05) is 13.8 Å². The fourth-order valence-electron chi connectivity index (χ4n) is 0.487. The van der Waals surface area contributed by atoms with Gasteiger partial charge in [-0.15, -0.1) is 0 Å². The molecule has 66 valence electrons. The fraction of sp³-hybridized carbons (Fsp3) is 0.857. The topological polar surface area (TPSA) is 78.3 Å². The Morgan fingerprint density at radius 2 is 2.18 bits per heavy atom. The average molecular weight is 160 g/mol. The van der Waals surface area contributed by atoms with E-state index in [-0.39, 0.29) is 12.1 Å². The van der Waals surface area contributed by atoms with Gasteiger partial charge < -0.3 is 16.2 Å². The van der Waals surface area contributed by atoms with Crippen LogP contribution in [0.5, 0.6) is 0 Å². The molecule has 0 spiro atoms. The SMILES string of the molecule is CCC(C)(N)COCC(N)=O. The Labute approximate surface area is 66.9 Å². The van der Waals surface area contributed by atoms with Crippen LogP contribution in [0, 0.1) is 0 Å². The normalized spacial score (nSPS) is 15.9. The second-order valence-corrected chi connectivity index (χ2v) is 2.97. The van der Waals surface area contributed by atoms with Gasteiger partial charge in [-0.3, -0.25) is 4.79 Å². The Balaban J connectivity index is 3.45. The van der Waals surface area contributed by atoms with Crippen molar-refractivity contribution in [1.82, 2.24) is 0 Å². The van der Waals surface area contributed by atoms with Crippen molar-refractivity contribution < 1.29 is 9.53 Å². The first-order chi connectivity index (χ1) is 4.98. The molecule has 1 amide bonds. The highest BCUT2D eigenvalue weighted by atomic mass is 16.5. The maximum absolute atomic E-state index is 10.2. The van der Waals surface area contributed by atoms with Crippen molar-refractivity contribution in [3.63, 3.8) is 0 Å². The zero-order valence-corrected chi connectivity index (χ0v) is 7.09. The van der Waals surface area contributed by atoms with E-state index < -0.39 is 5.91 Å². The molecule has 0 aromatic rings. The van der Waals surface area contributed by atoms with Crippen molar-refractivity contribution >= 4 is 5.91 Å². The van der Waals surface area contributed by atoms with Gasteiger partial charge in [-0.2, -0.15) is 0 Å². The molecule has 4 heteroatoms. The molecular formula is C7H16N2O2. The summed E-state index contributed by atoms with van der Waals surface area (Å²) < 4.78 is 4.95. The minimum absolute atomic E-state index is 0.0488. The van der Waals surface area contributed by atoms with Crippen LogP contribution in [-0.4, -0.2) is 24.7 Å². The number of hydrogen-bond acceptors (Lipinski definition) is 3. The van der Waals surface area contributed by atoms with Crippen molar-refractivity contribution in [2.24, 2.45) is 11.5 Å². The highest BCUT2D eigenvalue weighted by molar-refractivity contribution is 5.74. The molecule has 0 aliphatic heterocycles. The van der Waals surface area contributed by atoms with Crippen LogP contribution < -0.4 is 11.5 Å². The van der Waals surface area contributed by atoms with E-state index in [2.05, 4.69) is 0 Å². The summed E-state index contributed by atoms with van der Waals surface area (Å²) in [5.74, 6) is -0.461. The summed E-state index contributed by atoms with van der Waals surface area (Å²) in [6.45, 7) is 4.15. The number of carbonyl (C=O) groups is 1. The molecule has 0 aliphatic carbocycles. The van der Waals surface area contributed by atoms with Gasteiger partial charge in [-0.25, -0.2) is 0 Å². The van der Waals surface area contributed by atoms with E-state index in [0.717, 1.165) is 6.42 Å². The Hall–Kier alpha value is -0.610. The molecule has 0 bridgehead atoms. The molecule has 1 unspecified atom stereocenters. The van der Waals surface area contributed by atoms with Crippen LogP contribution >= 0.6 is 0 Å². The number of rotatable bonds is 5. The molecule has 4 nitrogen and oxygen atoms in total. The third kappa shape index (κ3) is 5.82. The molecule has 11 heavy (non-hydrogen) atoms. The molecule has 0 aromatic heterocycles. The lowest BCUT2D eigenvalue weighted by Gasteiger charge is -2.21. The lowest BCUT2D eigenvalue weighted by molar-refractivity contribution is -0.123. The molecule has 0 aliphatic rings. The molecule has 0 saturated heterocycles. The van der Waals surface area contributed by atoms with Crippen LogP contribution in [0.4, 0.5) is 0 Å². The molecule has 0 heterocycles. The Morgan fingerprint density at radius 1 is 1.64 bits per heavy atom. The van der Waals surface area contributed by atoms with Crippen molar-refractivity contribution in [1.29, 1.82) is 0 Å². The number of primary amides is 1. The standard InChI is InChI=1S/C7H16N2O2/c1-3-7(2,9)5-11-4-6(8)10/h3-5,9H2,1-2H3,(H2,8,10). The molecule has 0 aromatic carbocycles. The van der Waals surface area contributed by atoms with Crippen molar-refractivity contribution in [3.05, 3.63) is 0 Å². The van der Waals surface area contributed by atoms with Crippen LogP contribution in [0.1, 0.15) is 20.3 Å². The molecule has 0 saturated carbocycles. The van der Waals surface area contributed by atoms with Crippen molar-refractivity contribution in [2.75, 3.05) is 13.2 Å². The maximum Gasteiger partial charge on any atom is 0.243 e. The van der Waals surface area contributed by atoms with Crippen LogP contribution in [0.15, 0.2) is 0 Å². The largest absolute Gasteiger partial charge is 0.370 e. The third-order valence-electron chi connectivity index (χ3n) is 1.48. The summed E-state index contributed by atoms with van der Waals surface area (Å²) in [6, 6.07) is 0. The summed E-state index contributed by atoms with van der Waals surface area (Å²) in [4.78, 5) is 10.2. The van der Waals surface area contributed by atoms with Gasteiger partial charge in [0, 0.05) is 5.54 Å². The summed E-state index contributed by atoms with van der Waals surface area (Å²) in [5, 5.41) is 0. The molecule has 0 fully saturated rings. The predicted octanol–water partition coefficient (Wildman–Crippen LogP) is -0.384. The first kappa shape index (κ1) is 10.4. The summed E-state index contributed by atoms with van der Waals surface area (Å²) >= 11 is 0. The van der Waals surface area contributed by atoms with Crippen LogP contribution in [0.3, 0.4) is 0 Å². The maximum atomic E-state index is 10.2. The quantitative estimate of drug-likeness (QED) is 0.575. The van der Waals surface area contributed by atoms with E-state index in [1.54, 1.807) is 0 Å². The average Bonchev–Trinajstić information content (AvgIpc) is 1.87. The lowest BCUT2D eigenvalue weighted by atomic mass is 10.0. The first-order valence-corrected chi connectivity index (χ1v) is 3.63. The van der Waals surface area contributed by atoms with Crippen molar-refractivity contribution in [2.45, 2.75) is 25.8 Å². The Kier molecular flexibility index (Phi) is 4.07. The first-order valence-electron chi connectivity index (χ1n) is 3.63. The van der Waals surface area contributed by atoms with E-state index in [4.69, 9.17) is 16.2 Å². The second-order valence-electron chi connectivity index (χ2n) is 2.97. The van der Waals surface area contributed by atoms with Gasteiger partial charge in [-0.1, -0.05) is 6.92 Å². The van der Waals surface area contributed by atoms with Gasteiger partial charge in [-0.05, 0) is 13.3 Å². The van der Waals surface area contributed by atoms with Crippen LogP contribution in [-0.2, 0) is 9.53 Å². The Bertz CT molecular complexity index is 134. The van der Waals surface area contributed by atoms with Crippen LogP contribution in [0.25, 0.3) is 0 Å². The number of carbonyl (C=O) groups excluding carboxylic acids is 1. The number of amides is 1. The molecule has 1 atom stereocenters. The monoisotopic (exact) mass is 160 g/mol. The highest BCUT2D eigenvalue weighted by Gasteiger charge is 2.15. The predicted molar refractivity (Wildman–Crippen MR) is 42.9 cm³/mol. The minimum atomic E-state index is -0.461. The smallest absolute Gasteiger partial charge is 0.243 e. The molecule has 0 rings (SSSR count). The second kappa shape index (κ2) is 4.31. The van der Waals surface area contributed by atoms with Gasteiger partial charge in [0.05, 0.1) is 6.61 Å². The van der Waals surface area contributed by atoms with E-state index in [9.17, 15) is 4.79 Å². The number of nitrogens with two attached hydrogens (primary N) is 2. The molecule has 0 radical (unpaired) electrons. The van der Waals surface area contributed by atoms with E-state index in [1.165, 1.54) is 0 Å². The summed E-state index contributed by atoms with van der Waals surface area (Å²) in [6.07, 6.45) is 0.811. The summed E-state index contributed by atoms with van der Waals surface area (Å²) in [7, 11) is 0.